The second kappa shape index (κ2) is 4.78. The van der Waals surface area contributed by atoms with E-state index in [0.29, 0.717) is 12.2 Å². The van der Waals surface area contributed by atoms with Crippen molar-refractivity contribution in [2.75, 3.05) is 18.0 Å². The quantitative estimate of drug-likeness (QED) is 0.746. The number of H-pyrrole nitrogens is 1. The lowest BCUT2D eigenvalue weighted by molar-refractivity contribution is -0.120. The molecule has 86 valence electrons. The number of aromatic amines is 1. The first-order valence-electron chi connectivity index (χ1n) is 5.26. The minimum atomic E-state index is -0.516. The van der Waals surface area contributed by atoms with Gasteiger partial charge in [-0.3, -0.25) is 9.78 Å². The van der Waals surface area contributed by atoms with Crippen molar-refractivity contribution in [2.45, 2.75) is 19.3 Å². The Hall–Kier alpha value is -1.85. The van der Waals surface area contributed by atoms with E-state index in [9.17, 15) is 9.59 Å². The highest BCUT2D eigenvalue weighted by atomic mass is 16.5. The Bertz CT molecular complexity index is 424. The maximum atomic E-state index is 11.0. The molecule has 1 aromatic heterocycles. The van der Waals surface area contributed by atoms with Crippen LogP contribution in [0.4, 0.5) is 5.69 Å². The van der Waals surface area contributed by atoms with Gasteiger partial charge in [0, 0.05) is 13.1 Å². The molecule has 1 saturated heterocycles. The molecule has 0 aromatic carbocycles. The number of ether oxygens (including phenoxy) is 1. The smallest absolute Gasteiger partial charge is 0.347 e. The predicted molar refractivity (Wildman–Crippen MR) is 57.6 cm³/mol. The molecule has 0 unspecified atom stereocenters. The topological polar surface area (TPSA) is 75.3 Å². The van der Waals surface area contributed by atoms with Crippen molar-refractivity contribution >= 4 is 12.2 Å². The highest BCUT2D eigenvalue weighted by Crippen LogP contribution is 2.25. The molecule has 0 spiro atoms. The fourth-order valence-corrected chi connectivity index (χ4v) is 1.87. The summed E-state index contributed by atoms with van der Waals surface area (Å²) < 4.78 is 4.75. The Morgan fingerprint density at radius 1 is 1.38 bits per heavy atom. The van der Waals surface area contributed by atoms with Crippen molar-refractivity contribution in [1.82, 2.24) is 9.97 Å². The molecule has 1 fully saturated rings. The predicted octanol–water partition coefficient (Wildman–Crippen LogP) is 0.295. The van der Waals surface area contributed by atoms with Crippen LogP contribution in [0.5, 0.6) is 5.88 Å². The molecule has 0 aliphatic carbocycles. The van der Waals surface area contributed by atoms with Gasteiger partial charge in [-0.15, -0.1) is 0 Å². The molecule has 0 atom stereocenters. The van der Waals surface area contributed by atoms with Crippen LogP contribution in [0.1, 0.15) is 19.3 Å². The van der Waals surface area contributed by atoms with Crippen molar-refractivity contribution in [3.8, 4) is 5.88 Å². The summed E-state index contributed by atoms with van der Waals surface area (Å²) in [5.74, 6) is 0.178. The number of nitrogens with zero attached hydrogens (tertiary/aromatic N) is 2. The van der Waals surface area contributed by atoms with Crippen LogP contribution in [0.25, 0.3) is 0 Å². The van der Waals surface area contributed by atoms with E-state index in [1.54, 1.807) is 0 Å². The first-order valence-corrected chi connectivity index (χ1v) is 5.26. The Labute approximate surface area is 92.3 Å². The zero-order chi connectivity index (χ0) is 11.4. The summed E-state index contributed by atoms with van der Waals surface area (Å²) in [6, 6.07) is 0. The molecule has 0 amide bonds. The maximum absolute atomic E-state index is 11.0. The number of anilines is 1. The number of hydrogen-bond acceptors (Lipinski definition) is 5. The average molecular weight is 223 g/mol. The third kappa shape index (κ3) is 2.21. The largest absolute Gasteiger partial charge is 0.409 e. The number of nitrogens with one attached hydrogen (secondary N) is 1. The van der Waals surface area contributed by atoms with E-state index >= 15 is 0 Å². The van der Waals surface area contributed by atoms with Crippen molar-refractivity contribution in [2.24, 2.45) is 0 Å². The van der Waals surface area contributed by atoms with Gasteiger partial charge in [0.05, 0.1) is 6.20 Å². The second-order valence-electron chi connectivity index (χ2n) is 3.66. The highest BCUT2D eigenvalue weighted by molar-refractivity contribution is 5.57. The number of aromatic nitrogens is 2. The van der Waals surface area contributed by atoms with Crippen LogP contribution in [0.2, 0.25) is 0 Å². The molecule has 6 heteroatoms. The van der Waals surface area contributed by atoms with E-state index in [1.165, 1.54) is 12.6 Å². The number of carbonyl (C=O) groups is 1. The van der Waals surface area contributed by atoms with E-state index in [1.807, 2.05) is 0 Å². The Kier molecular flexibility index (Phi) is 3.19. The second-order valence-corrected chi connectivity index (χ2v) is 3.66. The minimum absolute atomic E-state index is 0.178. The van der Waals surface area contributed by atoms with Crippen LogP contribution >= 0.6 is 0 Å². The lowest BCUT2D eigenvalue weighted by Gasteiger charge is -2.28. The fraction of sp³-hybridized carbons (Fsp3) is 0.500. The van der Waals surface area contributed by atoms with Gasteiger partial charge in [-0.1, -0.05) is 0 Å². The molecule has 0 bridgehead atoms. The van der Waals surface area contributed by atoms with Crippen LogP contribution in [0, 0.1) is 0 Å². The number of carbonyl (C=O) groups excluding carboxylic acids is 1. The van der Waals surface area contributed by atoms with E-state index < -0.39 is 5.69 Å². The van der Waals surface area contributed by atoms with Crippen LogP contribution in [0.3, 0.4) is 0 Å². The van der Waals surface area contributed by atoms with Crippen LogP contribution < -0.4 is 15.3 Å². The Balaban J connectivity index is 2.30. The maximum Gasteiger partial charge on any atom is 0.347 e. The number of hydrogen-bond donors (Lipinski definition) is 1. The van der Waals surface area contributed by atoms with Gasteiger partial charge in [0.25, 0.3) is 6.47 Å². The van der Waals surface area contributed by atoms with Gasteiger partial charge < -0.3 is 9.64 Å². The molecule has 0 radical (unpaired) electrons. The monoisotopic (exact) mass is 223 g/mol. The van der Waals surface area contributed by atoms with Gasteiger partial charge in [0.1, 0.15) is 5.69 Å². The van der Waals surface area contributed by atoms with Crippen LogP contribution in [-0.2, 0) is 4.79 Å². The molecule has 2 rings (SSSR count). The normalized spacial score (nSPS) is 15.9. The molecule has 2 heterocycles. The van der Waals surface area contributed by atoms with Gasteiger partial charge in [-0.05, 0) is 19.3 Å². The summed E-state index contributed by atoms with van der Waals surface area (Å²) in [7, 11) is 0. The summed E-state index contributed by atoms with van der Waals surface area (Å²) in [5, 5.41) is 0. The van der Waals surface area contributed by atoms with Gasteiger partial charge in [-0.25, -0.2) is 4.79 Å². The zero-order valence-corrected chi connectivity index (χ0v) is 8.81. The van der Waals surface area contributed by atoms with E-state index in [-0.39, 0.29) is 5.88 Å². The molecule has 1 N–H and O–H groups in total. The summed E-state index contributed by atoms with van der Waals surface area (Å²) in [6.45, 7) is 2.09. The summed E-state index contributed by atoms with van der Waals surface area (Å²) in [5.41, 5.74) is 0.156. The first-order chi connectivity index (χ1) is 7.81. The minimum Gasteiger partial charge on any atom is -0.409 e. The SMILES string of the molecule is O=COc1[nH]c(=O)ncc1N1CCCCC1. The van der Waals surface area contributed by atoms with Crippen LogP contribution in [-0.4, -0.2) is 29.5 Å². The summed E-state index contributed by atoms with van der Waals surface area (Å²) >= 11 is 0. The van der Waals surface area contributed by atoms with Crippen molar-refractivity contribution < 1.29 is 9.53 Å². The zero-order valence-electron chi connectivity index (χ0n) is 8.81. The number of piperidine rings is 1. The molecule has 6 nitrogen and oxygen atoms in total. The molecule has 1 aliphatic heterocycles. The van der Waals surface area contributed by atoms with E-state index in [2.05, 4.69) is 14.9 Å². The fourth-order valence-electron chi connectivity index (χ4n) is 1.87. The third-order valence-electron chi connectivity index (χ3n) is 2.62. The lowest BCUT2D eigenvalue weighted by atomic mass is 10.1. The van der Waals surface area contributed by atoms with Gasteiger partial charge in [-0.2, -0.15) is 4.98 Å². The molecule has 1 aliphatic rings. The van der Waals surface area contributed by atoms with E-state index in [4.69, 9.17) is 4.74 Å². The molecule has 16 heavy (non-hydrogen) atoms. The van der Waals surface area contributed by atoms with Crippen molar-refractivity contribution in [3.05, 3.63) is 16.7 Å². The van der Waals surface area contributed by atoms with Gasteiger partial charge in [0.15, 0.2) is 0 Å². The standard InChI is InChI=1S/C10H13N3O3/c14-7-16-9-8(6-11-10(15)12-9)13-4-2-1-3-5-13/h6-7H,1-5H2,(H,11,12,15). The van der Waals surface area contributed by atoms with Gasteiger partial charge in [0.2, 0.25) is 5.88 Å². The summed E-state index contributed by atoms with van der Waals surface area (Å²) in [6.07, 6.45) is 4.85. The van der Waals surface area contributed by atoms with Gasteiger partial charge >= 0.3 is 5.69 Å². The molecular formula is C10H13N3O3. The third-order valence-corrected chi connectivity index (χ3v) is 2.62. The molecule has 0 saturated carbocycles. The van der Waals surface area contributed by atoms with E-state index in [0.717, 1.165) is 25.9 Å². The summed E-state index contributed by atoms with van der Waals surface area (Å²) in [4.78, 5) is 29.5. The lowest BCUT2D eigenvalue weighted by Crippen LogP contribution is -2.31. The number of rotatable bonds is 3. The van der Waals surface area contributed by atoms with Crippen LogP contribution in [0.15, 0.2) is 11.0 Å². The highest BCUT2D eigenvalue weighted by Gasteiger charge is 2.16. The Morgan fingerprint density at radius 3 is 2.81 bits per heavy atom. The van der Waals surface area contributed by atoms with Crippen molar-refractivity contribution in [3.63, 3.8) is 0 Å². The first kappa shape index (κ1) is 10.7. The van der Waals surface area contributed by atoms with Crippen molar-refractivity contribution in [1.29, 1.82) is 0 Å². The Morgan fingerprint density at radius 2 is 2.12 bits per heavy atom. The average Bonchev–Trinajstić information content (AvgIpc) is 2.31. The molecular weight excluding hydrogens is 210 g/mol. The molecule has 1 aromatic rings.